The number of hydrogen-bond donors (Lipinski definition) is 1. The second-order valence-electron chi connectivity index (χ2n) is 5.95. The van der Waals surface area contributed by atoms with Crippen LogP contribution in [0.3, 0.4) is 0 Å². The van der Waals surface area contributed by atoms with E-state index in [-0.39, 0.29) is 11.9 Å². The quantitative estimate of drug-likeness (QED) is 0.686. The van der Waals surface area contributed by atoms with E-state index < -0.39 is 5.60 Å². The smallest absolute Gasteiger partial charge is 0.246 e. The minimum atomic E-state index is -0.847. The van der Waals surface area contributed by atoms with Gasteiger partial charge in [-0.1, -0.05) is 12.1 Å². The lowest BCUT2D eigenvalue weighted by Crippen LogP contribution is -2.47. The first-order valence-corrected chi connectivity index (χ1v) is 8.49. The van der Waals surface area contributed by atoms with Gasteiger partial charge in [0, 0.05) is 17.5 Å². The molecule has 1 aliphatic rings. The molecule has 0 aromatic heterocycles. The lowest BCUT2D eigenvalue weighted by Gasteiger charge is -2.33. The molecule has 1 heterocycles. The summed E-state index contributed by atoms with van der Waals surface area (Å²) in [5.41, 5.74) is 0.167. The van der Waals surface area contributed by atoms with Crippen LogP contribution in [0.4, 0.5) is 0 Å². The third kappa shape index (κ3) is 4.11. The van der Waals surface area contributed by atoms with Crippen LogP contribution >= 0.6 is 11.8 Å². The van der Waals surface area contributed by atoms with E-state index in [9.17, 15) is 9.90 Å². The van der Waals surface area contributed by atoms with Crippen LogP contribution < -0.4 is 0 Å². The number of carbonyl (C=O) groups is 1. The van der Waals surface area contributed by atoms with E-state index in [1.165, 1.54) is 4.90 Å². The van der Waals surface area contributed by atoms with E-state index >= 15 is 0 Å². The molecule has 114 valence electrons. The predicted octanol–water partition coefficient (Wildman–Crippen LogP) is 3.18. The van der Waals surface area contributed by atoms with Crippen LogP contribution in [0.5, 0.6) is 0 Å². The van der Waals surface area contributed by atoms with Gasteiger partial charge in [-0.3, -0.25) is 4.79 Å². The number of benzene rings is 1. The zero-order valence-electron chi connectivity index (χ0n) is 12.9. The summed E-state index contributed by atoms with van der Waals surface area (Å²) in [6.07, 6.45) is 7.31. The first-order chi connectivity index (χ1) is 9.91. The molecule has 0 spiro atoms. The molecule has 3 nitrogen and oxygen atoms in total. The summed E-state index contributed by atoms with van der Waals surface area (Å²) >= 11 is 1.70. The Morgan fingerprint density at radius 2 is 2.05 bits per heavy atom. The van der Waals surface area contributed by atoms with Crippen molar-refractivity contribution in [2.45, 2.75) is 43.2 Å². The van der Waals surface area contributed by atoms with Gasteiger partial charge in [0.1, 0.15) is 0 Å². The topological polar surface area (TPSA) is 40.5 Å². The maximum absolute atomic E-state index is 12.3. The third-order valence-electron chi connectivity index (χ3n) is 3.89. The van der Waals surface area contributed by atoms with Gasteiger partial charge in [-0.15, -0.1) is 11.8 Å². The summed E-state index contributed by atoms with van der Waals surface area (Å²) in [6, 6.07) is 8.02. The molecule has 1 unspecified atom stereocenters. The monoisotopic (exact) mass is 305 g/mol. The number of rotatable bonds is 4. The summed E-state index contributed by atoms with van der Waals surface area (Å²) in [6.45, 7) is 4.27. The molecule has 1 fully saturated rings. The predicted molar refractivity (Wildman–Crippen MR) is 88.3 cm³/mol. The van der Waals surface area contributed by atoms with Crippen LogP contribution in [0, 0.1) is 0 Å². The van der Waals surface area contributed by atoms with Crippen molar-refractivity contribution in [3.8, 4) is 0 Å². The summed E-state index contributed by atoms with van der Waals surface area (Å²) in [5.74, 6) is -0.0198. The van der Waals surface area contributed by atoms with Crippen molar-refractivity contribution in [3.63, 3.8) is 0 Å². The molecule has 0 radical (unpaired) electrons. The van der Waals surface area contributed by atoms with E-state index in [2.05, 4.69) is 0 Å². The van der Waals surface area contributed by atoms with Crippen LogP contribution in [-0.4, -0.2) is 40.4 Å². The molecule has 2 rings (SSSR count). The Bertz CT molecular complexity index is 517. The average Bonchev–Trinajstić information content (AvgIpc) is 2.95. The van der Waals surface area contributed by atoms with Crippen LogP contribution in [-0.2, 0) is 4.79 Å². The summed E-state index contributed by atoms with van der Waals surface area (Å²) in [7, 11) is 0. The van der Waals surface area contributed by atoms with Crippen molar-refractivity contribution in [2.24, 2.45) is 0 Å². The Balaban J connectivity index is 2.04. The largest absolute Gasteiger partial charge is 0.388 e. The van der Waals surface area contributed by atoms with Gasteiger partial charge in [0.2, 0.25) is 5.91 Å². The Labute approximate surface area is 131 Å². The fraction of sp³-hybridized carbons (Fsp3) is 0.471. The van der Waals surface area contributed by atoms with Gasteiger partial charge in [0.15, 0.2) is 0 Å². The second kappa shape index (κ2) is 6.67. The third-order valence-corrected chi connectivity index (χ3v) is 4.63. The van der Waals surface area contributed by atoms with Gasteiger partial charge in [0.05, 0.1) is 11.6 Å². The molecule has 1 amide bonds. The zero-order chi connectivity index (χ0) is 15.5. The van der Waals surface area contributed by atoms with Crippen LogP contribution in [0.15, 0.2) is 35.2 Å². The number of hydrogen-bond acceptors (Lipinski definition) is 3. The summed E-state index contributed by atoms with van der Waals surface area (Å²) < 4.78 is 0. The van der Waals surface area contributed by atoms with Gasteiger partial charge < -0.3 is 10.0 Å². The van der Waals surface area contributed by atoms with Crippen molar-refractivity contribution >= 4 is 23.7 Å². The van der Waals surface area contributed by atoms with Gasteiger partial charge in [-0.25, -0.2) is 0 Å². The first kappa shape index (κ1) is 16.1. The number of carbonyl (C=O) groups excluding carboxylic acids is 1. The number of thioether (sulfide) groups is 1. The van der Waals surface area contributed by atoms with Crippen molar-refractivity contribution in [3.05, 3.63) is 35.9 Å². The Morgan fingerprint density at radius 3 is 2.62 bits per heavy atom. The number of nitrogens with zero attached hydrogens (tertiary/aromatic N) is 1. The van der Waals surface area contributed by atoms with Gasteiger partial charge in [-0.2, -0.15) is 0 Å². The van der Waals surface area contributed by atoms with Crippen molar-refractivity contribution in [1.29, 1.82) is 0 Å². The Morgan fingerprint density at radius 1 is 1.38 bits per heavy atom. The van der Waals surface area contributed by atoms with Crippen LogP contribution in [0.2, 0.25) is 0 Å². The van der Waals surface area contributed by atoms with Crippen molar-refractivity contribution in [1.82, 2.24) is 4.90 Å². The van der Waals surface area contributed by atoms with Gasteiger partial charge in [0.25, 0.3) is 0 Å². The number of likely N-dealkylation sites (tertiary alicyclic amines) is 1. The number of aliphatic hydroxyl groups is 1. The van der Waals surface area contributed by atoms with E-state index in [1.807, 2.05) is 36.6 Å². The van der Waals surface area contributed by atoms with E-state index in [1.54, 1.807) is 36.6 Å². The summed E-state index contributed by atoms with van der Waals surface area (Å²) in [5, 5.41) is 10.2. The molecular weight excluding hydrogens is 282 g/mol. The normalized spacial score (nSPS) is 19.4. The molecule has 0 bridgehead atoms. The SMILES string of the molecule is CSc1ccc(/C=C/C(=O)N2CCCC2C(C)(C)O)cc1. The minimum Gasteiger partial charge on any atom is -0.388 e. The van der Waals surface area contributed by atoms with E-state index in [0.29, 0.717) is 0 Å². The van der Waals surface area contributed by atoms with Crippen molar-refractivity contribution < 1.29 is 9.90 Å². The molecule has 1 N–H and O–H groups in total. The fourth-order valence-corrected chi connectivity index (χ4v) is 3.15. The van der Waals surface area contributed by atoms with Gasteiger partial charge >= 0.3 is 0 Å². The van der Waals surface area contributed by atoms with Crippen LogP contribution in [0.1, 0.15) is 32.3 Å². The standard InChI is InChI=1S/C17H23NO2S/c1-17(2,20)15-5-4-12-18(15)16(19)11-8-13-6-9-14(21-3)10-7-13/h6-11,15,20H,4-5,12H2,1-3H3/b11-8+. The van der Waals surface area contributed by atoms with Gasteiger partial charge in [-0.05, 0) is 56.7 Å². The Kier molecular flexibility index (Phi) is 5.12. The lowest BCUT2D eigenvalue weighted by molar-refractivity contribution is -0.131. The molecule has 4 heteroatoms. The summed E-state index contributed by atoms with van der Waals surface area (Å²) in [4.78, 5) is 15.3. The molecule has 0 aliphatic carbocycles. The average molecular weight is 305 g/mol. The highest BCUT2D eigenvalue weighted by atomic mass is 32.2. The molecule has 21 heavy (non-hydrogen) atoms. The van der Waals surface area contributed by atoms with Crippen LogP contribution in [0.25, 0.3) is 6.08 Å². The maximum atomic E-state index is 12.3. The first-order valence-electron chi connectivity index (χ1n) is 7.27. The fourth-order valence-electron chi connectivity index (χ4n) is 2.74. The molecular formula is C17H23NO2S. The molecule has 1 aromatic rings. The lowest BCUT2D eigenvalue weighted by atomic mass is 9.96. The molecule has 0 saturated carbocycles. The van der Waals surface area contributed by atoms with Crippen molar-refractivity contribution in [2.75, 3.05) is 12.8 Å². The highest BCUT2D eigenvalue weighted by Crippen LogP contribution is 2.27. The maximum Gasteiger partial charge on any atom is 0.246 e. The molecule has 1 aliphatic heterocycles. The highest BCUT2D eigenvalue weighted by Gasteiger charge is 2.37. The number of amides is 1. The molecule has 1 aromatic carbocycles. The molecule has 1 atom stereocenters. The minimum absolute atomic E-state index is 0.0198. The second-order valence-corrected chi connectivity index (χ2v) is 6.83. The Hall–Kier alpha value is -1.26. The zero-order valence-corrected chi connectivity index (χ0v) is 13.7. The van der Waals surface area contributed by atoms with E-state index in [4.69, 9.17) is 0 Å². The van der Waals surface area contributed by atoms with E-state index in [0.717, 1.165) is 24.9 Å². The molecule has 1 saturated heterocycles. The highest BCUT2D eigenvalue weighted by molar-refractivity contribution is 7.98.